The molecule has 0 spiro atoms. The number of fused-ring (bicyclic) bond motifs is 2. The average molecular weight is 534 g/mol. The van der Waals surface area contributed by atoms with Crippen LogP contribution < -0.4 is 15.5 Å². The van der Waals surface area contributed by atoms with Crippen LogP contribution in [0.3, 0.4) is 0 Å². The van der Waals surface area contributed by atoms with Gasteiger partial charge in [0.15, 0.2) is 11.5 Å². The Labute approximate surface area is 222 Å². The van der Waals surface area contributed by atoms with Gasteiger partial charge in [0, 0.05) is 86.4 Å². The van der Waals surface area contributed by atoms with Crippen molar-refractivity contribution < 1.29 is 9.18 Å². The maximum Gasteiger partial charge on any atom is 0.257 e. The van der Waals surface area contributed by atoms with Crippen LogP contribution in [0.4, 0.5) is 15.8 Å². The van der Waals surface area contributed by atoms with E-state index in [4.69, 9.17) is 11.6 Å². The van der Waals surface area contributed by atoms with Crippen LogP contribution in [0.1, 0.15) is 28.0 Å². The highest BCUT2D eigenvalue weighted by molar-refractivity contribution is 6.28. The van der Waals surface area contributed by atoms with E-state index in [1.165, 1.54) is 6.07 Å². The van der Waals surface area contributed by atoms with Crippen molar-refractivity contribution in [2.24, 2.45) is 7.05 Å². The van der Waals surface area contributed by atoms with Crippen LogP contribution in [0.5, 0.6) is 0 Å². The lowest BCUT2D eigenvalue weighted by Crippen LogP contribution is -2.32. The first-order chi connectivity index (χ1) is 18.3. The van der Waals surface area contributed by atoms with Crippen molar-refractivity contribution in [2.45, 2.75) is 25.9 Å². The summed E-state index contributed by atoms with van der Waals surface area (Å²) in [7, 11) is 1.83. The van der Waals surface area contributed by atoms with Crippen molar-refractivity contribution in [1.29, 1.82) is 0 Å². The molecular weight excluding hydrogens is 509 g/mol. The van der Waals surface area contributed by atoms with Gasteiger partial charge in [-0.3, -0.25) is 9.48 Å². The van der Waals surface area contributed by atoms with E-state index in [1.807, 2.05) is 19.3 Å². The quantitative estimate of drug-likeness (QED) is 0.320. The first-order valence-corrected chi connectivity index (χ1v) is 12.6. The molecule has 4 aromatic heterocycles. The molecule has 0 radical (unpaired) electrons. The minimum Gasteiger partial charge on any atom is -0.369 e. The van der Waals surface area contributed by atoms with E-state index in [-0.39, 0.29) is 22.9 Å². The molecule has 5 heterocycles. The molecule has 0 aliphatic carbocycles. The van der Waals surface area contributed by atoms with Gasteiger partial charge in [-0.25, -0.2) is 19.3 Å². The number of carbonyl (C=O) groups excluding carboxylic acids is 1. The molecule has 10 nitrogen and oxygen atoms in total. The Hall–Kier alpha value is -4.09. The number of halogens is 2. The largest absolute Gasteiger partial charge is 0.369 e. The van der Waals surface area contributed by atoms with Crippen molar-refractivity contribution in [3.63, 3.8) is 0 Å². The van der Waals surface area contributed by atoms with Crippen molar-refractivity contribution in [2.75, 3.05) is 23.3 Å². The zero-order valence-electron chi connectivity index (χ0n) is 20.8. The van der Waals surface area contributed by atoms with Crippen molar-refractivity contribution >= 4 is 45.4 Å². The number of imidazole rings is 1. The molecule has 1 fully saturated rings. The molecule has 5 aromatic rings. The molecule has 1 saturated heterocycles. The Morgan fingerprint density at radius 3 is 2.84 bits per heavy atom. The smallest absolute Gasteiger partial charge is 0.257 e. The lowest BCUT2D eigenvalue weighted by Gasteiger charge is -2.20. The fraction of sp³-hybridized carbons (Fsp3) is 0.269. The normalized spacial score (nSPS) is 15.6. The van der Waals surface area contributed by atoms with E-state index < -0.39 is 5.82 Å². The monoisotopic (exact) mass is 533 g/mol. The van der Waals surface area contributed by atoms with Crippen LogP contribution in [-0.2, 0) is 13.6 Å². The molecule has 2 N–H and O–H groups in total. The number of anilines is 2. The molecule has 0 unspecified atom stereocenters. The number of aryl methyl sites for hydroxylation is 2. The topological polar surface area (TPSA) is 105 Å². The maximum atomic E-state index is 14.5. The number of rotatable bonds is 6. The summed E-state index contributed by atoms with van der Waals surface area (Å²) in [5.41, 5.74) is 4.25. The van der Waals surface area contributed by atoms with E-state index in [0.717, 1.165) is 36.1 Å². The number of hydrogen-bond acceptors (Lipinski definition) is 7. The number of carbonyl (C=O) groups is 1. The Morgan fingerprint density at radius 2 is 2.03 bits per heavy atom. The fourth-order valence-corrected chi connectivity index (χ4v) is 5.05. The van der Waals surface area contributed by atoms with Crippen molar-refractivity contribution in [3.05, 3.63) is 77.1 Å². The SMILES string of the molecule is Cc1cn2cc(NC(=O)c3ccc(N4CC[C@H](NCc5cnc(Cl)nc5)C4)c4cn(C)nc34)cc(F)c2n1. The number of nitrogens with one attached hydrogen (secondary N) is 2. The van der Waals surface area contributed by atoms with Gasteiger partial charge in [0.05, 0.1) is 16.9 Å². The fourth-order valence-electron chi connectivity index (χ4n) is 4.95. The summed E-state index contributed by atoms with van der Waals surface area (Å²) in [5.74, 6) is -0.864. The second-order valence-corrected chi connectivity index (χ2v) is 9.85. The number of benzene rings is 1. The molecule has 1 atom stereocenters. The molecule has 1 aliphatic rings. The van der Waals surface area contributed by atoms with Gasteiger partial charge in [0.2, 0.25) is 5.28 Å². The first-order valence-electron chi connectivity index (χ1n) is 12.2. The van der Waals surface area contributed by atoms with E-state index in [0.29, 0.717) is 29.0 Å². The molecule has 6 rings (SSSR count). The third kappa shape index (κ3) is 4.66. The summed E-state index contributed by atoms with van der Waals surface area (Å²) in [5, 5.41) is 12.1. The van der Waals surface area contributed by atoms with Gasteiger partial charge in [0.25, 0.3) is 5.91 Å². The summed E-state index contributed by atoms with van der Waals surface area (Å²) in [4.78, 5) is 27.8. The van der Waals surface area contributed by atoms with Gasteiger partial charge in [-0.2, -0.15) is 5.10 Å². The third-order valence-electron chi connectivity index (χ3n) is 6.69. The maximum absolute atomic E-state index is 14.5. The lowest BCUT2D eigenvalue weighted by atomic mass is 10.1. The van der Waals surface area contributed by atoms with Gasteiger partial charge in [-0.05, 0) is 37.1 Å². The van der Waals surface area contributed by atoms with Crippen LogP contribution in [0.2, 0.25) is 5.28 Å². The number of nitrogens with zero attached hydrogens (tertiary/aromatic N) is 7. The highest BCUT2D eigenvalue weighted by atomic mass is 35.5. The average Bonchev–Trinajstić information content (AvgIpc) is 3.60. The number of amides is 1. The zero-order chi connectivity index (χ0) is 26.4. The van der Waals surface area contributed by atoms with Crippen molar-refractivity contribution in [3.8, 4) is 0 Å². The van der Waals surface area contributed by atoms with E-state index in [1.54, 1.807) is 46.9 Å². The van der Waals surface area contributed by atoms with E-state index >= 15 is 0 Å². The molecule has 1 aliphatic heterocycles. The molecule has 1 amide bonds. The molecule has 38 heavy (non-hydrogen) atoms. The lowest BCUT2D eigenvalue weighted by molar-refractivity contribution is 0.102. The summed E-state index contributed by atoms with van der Waals surface area (Å²) >= 11 is 5.77. The first kappa shape index (κ1) is 24.3. The summed E-state index contributed by atoms with van der Waals surface area (Å²) in [6.07, 6.45) is 9.70. The molecule has 0 bridgehead atoms. The second kappa shape index (κ2) is 9.66. The van der Waals surface area contributed by atoms with Gasteiger partial charge < -0.3 is 19.9 Å². The Morgan fingerprint density at radius 1 is 1.21 bits per heavy atom. The molecule has 1 aromatic carbocycles. The van der Waals surface area contributed by atoms with E-state index in [2.05, 4.69) is 35.6 Å². The highest BCUT2D eigenvalue weighted by Gasteiger charge is 2.26. The van der Waals surface area contributed by atoms with Crippen LogP contribution in [0, 0.1) is 12.7 Å². The van der Waals surface area contributed by atoms with Crippen LogP contribution in [-0.4, -0.2) is 54.2 Å². The predicted octanol–water partition coefficient (Wildman–Crippen LogP) is 3.73. The summed E-state index contributed by atoms with van der Waals surface area (Å²) in [6, 6.07) is 5.30. The zero-order valence-corrected chi connectivity index (χ0v) is 21.6. The predicted molar refractivity (Wildman–Crippen MR) is 143 cm³/mol. The van der Waals surface area contributed by atoms with Crippen LogP contribution in [0.25, 0.3) is 16.6 Å². The Balaban J connectivity index is 1.21. The summed E-state index contributed by atoms with van der Waals surface area (Å²) in [6.45, 7) is 4.13. The van der Waals surface area contributed by atoms with Crippen LogP contribution in [0.15, 0.2) is 49.2 Å². The standard InChI is InChI=1S/C26H25ClFN9O/c1-15-11-37-13-18(7-21(28)24(37)32-15)33-25(38)19-3-4-22(20-14-35(2)34-23(19)20)36-6-5-17(12-36)29-8-16-9-30-26(27)31-10-16/h3-4,7,9-11,13-14,17,29H,5-6,8,12H2,1-2H3,(H,33,38)/t17-/m0/s1. The van der Waals surface area contributed by atoms with Gasteiger partial charge in [-0.15, -0.1) is 0 Å². The minimum absolute atomic E-state index is 0.219. The molecular formula is C26H25ClFN9O. The Kier molecular flexibility index (Phi) is 6.16. The van der Waals surface area contributed by atoms with Crippen LogP contribution >= 0.6 is 11.6 Å². The van der Waals surface area contributed by atoms with E-state index in [9.17, 15) is 9.18 Å². The minimum atomic E-state index is -0.505. The third-order valence-corrected chi connectivity index (χ3v) is 6.89. The van der Waals surface area contributed by atoms with Gasteiger partial charge >= 0.3 is 0 Å². The Bertz CT molecular complexity index is 1660. The molecule has 0 saturated carbocycles. The number of pyridine rings is 1. The number of aromatic nitrogens is 6. The van der Waals surface area contributed by atoms with Crippen molar-refractivity contribution in [1.82, 2.24) is 34.4 Å². The molecule has 194 valence electrons. The van der Waals surface area contributed by atoms with Gasteiger partial charge in [-0.1, -0.05) is 0 Å². The summed E-state index contributed by atoms with van der Waals surface area (Å²) < 4.78 is 17.8. The highest BCUT2D eigenvalue weighted by Crippen LogP contribution is 2.32. The molecule has 12 heteroatoms. The number of hydrogen-bond donors (Lipinski definition) is 2. The van der Waals surface area contributed by atoms with Gasteiger partial charge in [0.1, 0.15) is 5.52 Å². The second-order valence-electron chi connectivity index (χ2n) is 9.51.